The van der Waals surface area contributed by atoms with E-state index >= 15 is 0 Å². The molecule has 0 aromatic heterocycles. The molecule has 23 heavy (non-hydrogen) atoms. The Morgan fingerprint density at radius 1 is 1.26 bits per heavy atom. The summed E-state index contributed by atoms with van der Waals surface area (Å²) in [6.07, 6.45) is 0.381. The summed E-state index contributed by atoms with van der Waals surface area (Å²) in [4.78, 5) is 11.3. The Labute approximate surface area is 134 Å². The molecule has 120 valence electrons. The van der Waals surface area contributed by atoms with Crippen LogP contribution in [0.5, 0.6) is 11.5 Å². The van der Waals surface area contributed by atoms with Crippen LogP contribution in [0.25, 0.3) is 0 Å². The van der Waals surface area contributed by atoms with Gasteiger partial charge in [0.1, 0.15) is 12.6 Å². The van der Waals surface area contributed by atoms with Gasteiger partial charge in [-0.25, -0.2) is 0 Å². The van der Waals surface area contributed by atoms with Gasteiger partial charge in [-0.3, -0.25) is 4.79 Å². The Bertz CT molecular complexity index is 700. The van der Waals surface area contributed by atoms with Crippen molar-refractivity contribution in [2.45, 2.75) is 25.6 Å². The molecule has 3 rings (SSSR count). The van der Waals surface area contributed by atoms with E-state index in [0.29, 0.717) is 31.1 Å². The number of fused-ring (bicyclic) bond motifs is 1. The van der Waals surface area contributed by atoms with Crippen molar-refractivity contribution in [1.29, 1.82) is 0 Å². The number of carboxylic acids is 1. The van der Waals surface area contributed by atoms with Crippen LogP contribution in [-0.4, -0.2) is 24.2 Å². The van der Waals surface area contributed by atoms with Crippen molar-refractivity contribution in [2.75, 3.05) is 7.11 Å². The van der Waals surface area contributed by atoms with Crippen LogP contribution in [-0.2, 0) is 24.4 Å². The molecule has 2 N–H and O–H groups in total. The fraction of sp³-hybridized carbons (Fsp3) is 0.278. The molecule has 1 heterocycles. The zero-order valence-electron chi connectivity index (χ0n) is 12.9. The maximum atomic E-state index is 11.3. The van der Waals surface area contributed by atoms with Gasteiger partial charge in [-0.15, -0.1) is 0 Å². The Morgan fingerprint density at radius 3 is 2.74 bits per heavy atom. The van der Waals surface area contributed by atoms with Gasteiger partial charge < -0.3 is 19.9 Å². The van der Waals surface area contributed by atoms with Crippen LogP contribution in [0.1, 0.15) is 16.7 Å². The van der Waals surface area contributed by atoms with Crippen LogP contribution >= 0.6 is 0 Å². The lowest BCUT2D eigenvalue weighted by atomic mass is 9.94. The third-order valence-electron chi connectivity index (χ3n) is 4.01. The van der Waals surface area contributed by atoms with E-state index in [1.807, 2.05) is 42.5 Å². The van der Waals surface area contributed by atoms with E-state index in [-0.39, 0.29) is 0 Å². The highest BCUT2D eigenvalue weighted by molar-refractivity contribution is 5.75. The van der Waals surface area contributed by atoms with Crippen LogP contribution in [0.3, 0.4) is 0 Å². The molecule has 0 saturated heterocycles. The summed E-state index contributed by atoms with van der Waals surface area (Å²) >= 11 is 0. The molecule has 0 fully saturated rings. The van der Waals surface area contributed by atoms with E-state index in [1.165, 1.54) is 0 Å². The van der Waals surface area contributed by atoms with Gasteiger partial charge in [-0.2, -0.15) is 0 Å². The predicted molar refractivity (Wildman–Crippen MR) is 85.7 cm³/mol. The topological polar surface area (TPSA) is 67.8 Å². The first-order valence-electron chi connectivity index (χ1n) is 7.50. The minimum atomic E-state index is -0.854. The zero-order valence-corrected chi connectivity index (χ0v) is 12.9. The number of methoxy groups -OCH3 is 1. The van der Waals surface area contributed by atoms with Gasteiger partial charge in [0.15, 0.2) is 11.5 Å². The van der Waals surface area contributed by atoms with E-state index in [4.69, 9.17) is 9.47 Å². The summed E-state index contributed by atoms with van der Waals surface area (Å²) in [5, 5.41) is 12.3. The molecule has 1 aliphatic heterocycles. The van der Waals surface area contributed by atoms with E-state index in [1.54, 1.807) is 7.11 Å². The van der Waals surface area contributed by atoms with Crippen molar-refractivity contribution in [3.63, 3.8) is 0 Å². The first kappa shape index (κ1) is 15.4. The van der Waals surface area contributed by atoms with Crippen molar-refractivity contribution in [3.8, 4) is 11.5 Å². The second-order valence-corrected chi connectivity index (χ2v) is 5.48. The minimum absolute atomic E-state index is 0.381. The van der Waals surface area contributed by atoms with Gasteiger partial charge >= 0.3 is 5.97 Å². The fourth-order valence-electron chi connectivity index (χ4n) is 2.77. The van der Waals surface area contributed by atoms with Gasteiger partial charge in [0.25, 0.3) is 0 Å². The summed E-state index contributed by atoms with van der Waals surface area (Å²) in [7, 11) is 1.59. The van der Waals surface area contributed by atoms with Gasteiger partial charge in [0.2, 0.25) is 0 Å². The molecule has 5 nitrogen and oxygen atoms in total. The van der Waals surface area contributed by atoms with Gasteiger partial charge in [0.05, 0.1) is 7.11 Å². The first-order chi connectivity index (χ1) is 11.2. The first-order valence-corrected chi connectivity index (χ1v) is 7.50. The molecule has 0 aliphatic carbocycles. The minimum Gasteiger partial charge on any atom is -0.493 e. The number of ether oxygens (including phenoxy) is 2. The summed E-state index contributed by atoms with van der Waals surface area (Å²) in [6, 6.07) is 13.1. The Kier molecular flexibility index (Phi) is 4.48. The maximum absolute atomic E-state index is 11.3. The summed E-state index contributed by atoms with van der Waals surface area (Å²) in [5.74, 6) is 0.416. The van der Waals surface area contributed by atoms with Crippen LogP contribution in [0.4, 0.5) is 0 Å². The lowest BCUT2D eigenvalue weighted by Crippen LogP contribution is -2.41. The Balaban J connectivity index is 1.89. The van der Waals surface area contributed by atoms with E-state index in [2.05, 4.69) is 5.32 Å². The zero-order chi connectivity index (χ0) is 16.2. The van der Waals surface area contributed by atoms with Gasteiger partial charge in [0, 0.05) is 18.5 Å². The number of hydrogen-bond acceptors (Lipinski definition) is 4. The molecule has 5 heteroatoms. The second kappa shape index (κ2) is 6.71. The van der Waals surface area contributed by atoms with E-state index < -0.39 is 12.0 Å². The summed E-state index contributed by atoms with van der Waals surface area (Å²) in [6.45, 7) is 0.927. The number of aliphatic carboxylic acids is 1. The SMILES string of the molecule is COc1ccc2c(c1OCc1ccccc1)C[C@@H](C(=O)O)NC2. The molecule has 0 spiro atoms. The standard InChI is InChI=1S/C18H19NO4/c1-22-16-8-7-13-10-19-15(18(20)21)9-14(13)17(16)23-11-12-5-3-2-4-6-12/h2-8,15,19H,9-11H2,1H3,(H,20,21)/t15-/m0/s1. The molecular weight excluding hydrogens is 294 g/mol. The highest BCUT2D eigenvalue weighted by atomic mass is 16.5. The highest BCUT2D eigenvalue weighted by Crippen LogP contribution is 2.36. The number of carboxylic acid groups (broad SMARTS) is 1. The lowest BCUT2D eigenvalue weighted by molar-refractivity contribution is -0.139. The molecule has 0 radical (unpaired) electrons. The maximum Gasteiger partial charge on any atom is 0.321 e. The molecule has 2 aromatic carbocycles. The monoisotopic (exact) mass is 313 g/mol. The van der Waals surface area contributed by atoms with Crippen LogP contribution in [0.15, 0.2) is 42.5 Å². The molecular formula is C18H19NO4. The van der Waals surface area contributed by atoms with Crippen LogP contribution in [0, 0.1) is 0 Å². The number of hydrogen-bond donors (Lipinski definition) is 2. The van der Waals surface area contributed by atoms with E-state index in [9.17, 15) is 9.90 Å². The van der Waals surface area contributed by atoms with E-state index in [0.717, 1.165) is 16.7 Å². The Hall–Kier alpha value is -2.53. The van der Waals surface area contributed by atoms with Crippen molar-refractivity contribution in [3.05, 3.63) is 59.2 Å². The fourth-order valence-corrected chi connectivity index (χ4v) is 2.77. The molecule has 0 unspecified atom stereocenters. The van der Waals surface area contributed by atoms with Crippen LogP contribution in [0.2, 0.25) is 0 Å². The third kappa shape index (κ3) is 3.29. The van der Waals surface area contributed by atoms with Crippen molar-refractivity contribution in [2.24, 2.45) is 0 Å². The Morgan fingerprint density at radius 2 is 2.04 bits per heavy atom. The average molecular weight is 313 g/mol. The number of nitrogens with one attached hydrogen (secondary N) is 1. The van der Waals surface area contributed by atoms with Crippen molar-refractivity contribution in [1.82, 2.24) is 5.32 Å². The summed E-state index contributed by atoms with van der Waals surface area (Å²) in [5.41, 5.74) is 3.01. The third-order valence-corrected chi connectivity index (χ3v) is 4.01. The number of rotatable bonds is 5. The summed E-state index contributed by atoms with van der Waals surface area (Å²) < 4.78 is 11.4. The van der Waals surface area contributed by atoms with Crippen LogP contribution < -0.4 is 14.8 Å². The normalized spacial score (nSPS) is 16.5. The number of benzene rings is 2. The van der Waals surface area contributed by atoms with Crippen molar-refractivity contribution >= 4 is 5.97 Å². The van der Waals surface area contributed by atoms with Gasteiger partial charge in [-0.05, 0) is 17.2 Å². The van der Waals surface area contributed by atoms with Gasteiger partial charge in [-0.1, -0.05) is 36.4 Å². The molecule has 0 amide bonds. The molecule has 1 aliphatic rings. The molecule has 1 atom stereocenters. The predicted octanol–water partition coefficient (Wildman–Crippen LogP) is 2.37. The molecule has 0 bridgehead atoms. The number of carbonyl (C=O) groups is 1. The largest absolute Gasteiger partial charge is 0.493 e. The highest BCUT2D eigenvalue weighted by Gasteiger charge is 2.27. The average Bonchev–Trinajstić information content (AvgIpc) is 2.59. The lowest BCUT2D eigenvalue weighted by Gasteiger charge is -2.26. The second-order valence-electron chi connectivity index (χ2n) is 5.48. The quantitative estimate of drug-likeness (QED) is 0.887. The molecule has 2 aromatic rings. The smallest absolute Gasteiger partial charge is 0.321 e. The van der Waals surface area contributed by atoms with Crippen molar-refractivity contribution < 1.29 is 19.4 Å². The molecule has 0 saturated carbocycles.